The summed E-state index contributed by atoms with van der Waals surface area (Å²) in [6, 6.07) is 6.39. The van der Waals surface area contributed by atoms with Gasteiger partial charge in [-0.25, -0.2) is 4.39 Å². The Bertz CT molecular complexity index is 473. The van der Waals surface area contributed by atoms with E-state index >= 15 is 0 Å². The molecule has 0 spiro atoms. The van der Waals surface area contributed by atoms with Gasteiger partial charge in [0.2, 0.25) is 0 Å². The third-order valence-corrected chi connectivity index (χ3v) is 3.08. The van der Waals surface area contributed by atoms with Crippen molar-refractivity contribution in [2.45, 2.75) is 18.2 Å². The van der Waals surface area contributed by atoms with Crippen molar-refractivity contribution in [3.63, 3.8) is 0 Å². The van der Waals surface area contributed by atoms with Crippen LogP contribution in [0.1, 0.15) is 11.4 Å². The number of hydrogen-bond donors (Lipinski definition) is 1. The lowest BCUT2D eigenvalue weighted by Crippen LogP contribution is -2.10. The van der Waals surface area contributed by atoms with E-state index in [1.165, 1.54) is 23.9 Å². The van der Waals surface area contributed by atoms with Crippen LogP contribution in [-0.2, 0) is 13.1 Å². The Morgan fingerprint density at radius 1 is 1.29 bits per heavy atom. The molecule has 17 heavy (non-hydrogen) atoms. The first-order valence-electron chi connectivity index (χ1n) is 5.15. The minimum absolute atomic E-state index is 0.235. The predicted octanol–water partition coefficient (Wildman–Crippen LogP) is 1.65. The third-order valence-electron chi connectivity index (χ3n) is 2.41. The molecule has 0 amide bonds. The monoisotopic (exact) mass is 252 g/mol. The van der Waals surface area contributed by atoms with Crippen molar-refractivity contribution < 1.29 is 4.39 Å². The number of halogens is 1. The summed E-state index contributed by atoms with van der Waals surface area (Å²) in [5, 5.41) is 8.87. The third kappa shape index (κ3) is 2.65. The first kappa shape index (κ1) is 12.1. The van der Waals surface area contributed by atoms with E-state index in [-0.39, 0.29) is 5.82 Å². The molecule has 0 saturated heterocycles. The van der Waals surface area contributed by atoms with Gasteiger partial charge in [-0.1, -0.05) is 23.9 Å². The molecule has 1 aromatic carbocycles. The zero-order valence-corrected chi connectivity index (χ0v) is 10.2. The van der Waals surface area contributed by atoms with Gasteiger partial charge >= 0.3 is 0 Å². The van der Waals surface area contributed by atoms with Crippen LogP contribution in [0, 0.1) is 5.82 Å². The normalized spacial score (nSPS) is 10.8. The summed E-state index contributed by atoms with van der Waals surface area (Å²) in [6.45, 7) is 0.949. The van der Waals surface area contributed by atoms with Crippen molar-refractivity contribution in [1.82, 2.24) is 14.8 Å². The lowest BCUT2D eigenvalue weighted by Gasteiger charge is -2.08. The Morgan fingerprint density at radius 3 is 2.59 bits per heavy atom. The summed E-state index contributed by atoms with van der Waals surface area (Å²) in [4.78, 5) is 0. The fourth-order valence-electron chi connectivity index (χ4n) is 1.55. The SMILES string of the molecule is CSc1nnc(CN)n1Cc1ccc(F)cc1. The smallest absolute Gasteiger partial charge is 0.191 e. The minimum Gasteiger partial charge on any atom is -0.324 e. The van der Waals surface area contributed by atoms with Gasteiger partial charge in [-0.3, -0.25) is 0 Å². The lowest BCUT2D eigenvalue weighted by molar-refractivity contribution is 0.623. The molecular weight excluding hydrogens is 239 g/mol. The van der Waals surface area contributed by atoms with E-state index < -0.39 is 0 Å². The number of nitrogens with zero attached hydrogens (tertiary/aromatic N) is 3. The molecule has 2 rings (SSSR count). The van der Waals surface area contributed by atoms with E-state index in [9.17, 15) is 4.39 Å². The topological polar surface area (TPSA) is 56.7 Å². The summed E-state index contributed by atoms with van der Waals surface area (Å²) in [5.41, 5.74) is 6.60. The van der Waals surface area contributed by atoms with Gasteiger partial charge in [-0.05, 0) is 24.0 Å². The van der Waals surface area contributed by atoms with E-state index in [1.807, 2.05) is 10.8 Å². The van der Waals surface area contributed by atoms with Crippen molar-refractivity contribution >= 4 is 11.8 Å². The first-order chi connectivity index (χ1) is 8.24. The highest BCUT2D eigenvalue weighted by atomic mass is 32.2. The van der Waals surface area contributed by atoms with Crippen molar-refractivity contribution in [2.24, 2.45) is 5.73 Å². The first-order valence-corrected chi connectivity index (χ1v) is 6.37. The van der Waals surface area contributed by atoms with E-state index in [2.05, 4.69) is 10.2 Å². The number of aromatic nitrogens is 3. The number of benzene rings is 1. The highest BCUT2D eigenvalue weighted by Gasteiger charge is 2.10. The van der Waals surface area contributed by atoms with Gasteiger partial charge in [0.25, 0.3) is 0 Å². The van der Waals surface area contributed by atoms with Gasteiger partial charge in [0.05, 0.1) is 13.1 Å². The zero-order chi connectivity index (χ0) is 12.3. The second kappa shape index (κ2) is 5.29. The van der Waals surface area contributed by atoms with Crippen LogP contribution in [0.15, 0.2) is 29.4 Å². The molecular formula is C11H13FN4S. The van der Waals surface area contributed by atoms with Crippen molar-refractivity contribution in [2.75, 3.05) is 6.26 Å². The molecule has 90 valence electrons. The van der Waals surface area contributed by atoms with Crippen LogP contribution in [0.3, 0.4) is 0 Å². The summed E-state index contributed by atoms with van der Waals surface area (Å²) in [6.07, 6.45) is 1.94. The molecule has 1 aromatic heterocycles. The van der Waals surface area contributed by atoms with Crippen molar-refractivity contribution in [3.05, 3.63) is 41.5 Å². The Hall–Kier alpha value is -1.40. The average molecular weight is 252 g/mol. The average Bonchev–Trinajstić information content (AvgIpc) is 2.74. The minimum atomic E-state index is -0.235. The van der Waals surface area contributed by atoms with E-state index in [0.29, 0.717) is 13.1 Å². The fourth-order valence-corrected chi connectivity index (χ4v) is 2.06. The molecule has 0 saturated carbocycles. The Morgan fingerprint density at radius 2 is 2.00 bits per heavy atom. The summed E-state index contributed by atoms with van der Waals surface area (Å²) in [5.74, 6) is 0.500. The van der Waals surface area contributed by atoms with Gasteiger partial charge in [-0.15, -0.1) is 10.2 Å². The molecule has 2 N–H and O–H groups in total. The zero-order valence-electron chi connectivity index (χ0n) is 9.43. The number of rotatable bonds is 4. The molecule has 0 atom stereocenters. The molecule has 0 unspecified atom stereocenters. The molecule has 2 aromatic rings. The predicted molar refractivity (Wildman–Crippen MR) is 65.2 cm³/mol. The van der Waals surface area contributed by atoms with E-state index in [4.69, 9.17) is 5.73 Å². The molecule has 0 radical (unpaired) electrons. The largest absolute Gasteiger partial charge is 0.324 e. The fraction of sp³-hybridized carbons (Fsp3) is 0.273. The maximum Gasteiger partial charge on any atom is 0.191 e. The van der Waals surface area contributed by atoms with Crippen molar-refractivity contribution in [1.29, 1.82) is 0 Å². The summed E-state index contributed by atoms with van der Waals surface area (Å²) in [7, 11) is 0. The lowest BCUT2D eigenvalue weighted by atomic mass is 10.2. The van der Waals surface area contributed by atoms with Crippen LogP contribution >= 0.6 is 11.8 Å². The summed E-state index contributed by atoms with van der Waals surface area (Å²) < 4.78 is 14.7. The number of thioether (sulfide) groups is 1. The molecule has 4 nitrogen and oxygen atoms in total. The maximum absolute atomic E-state index is 12.8. The Kier molecular flexibility index (Phi) is 3.75. The standard InChI is InChI=1S/C11H13FN4S/c1-17-11-15-14-10(6-13)16(11)7-8-2-4-9(12)5-3-8/h2-5H,6-7,13H2,1H3. The Balaban J connectivity index is 2.28. The van der Waals surface area contributed by atoms with Crippen LogP contribution in [0.2, 0.25) is 0 Å². The van der Waals surface area contributed by atoms with Crippen LogP contribution < -0.4 is 5.73 Å². The van der Waals surface area contributed by atoms with Gasteiger partial charge in [0, 0.05) is 0 Å². The maximum atomic E-state index is 12.8. The second-order valence-electron chi connectivity index (χ2n) is 3.52. The molecule has 6 heteroatoms. The molecule has 0 aliphatic carbocycles. The highest BCUT2D eigenvalue weighted by Crippen LogP contribution is 2.16. The van der Waals surface area contributed by atoms with Crippen LogP contribution in [0.4, 0.5) is 4.39 Å². The van der Waals surface area contributed by atoms with Gasteiger partial charge in [0.15, 0.2) is 5.16 Å². The van der Waals surface area contributed by atoms with Gasteiger partial charge in [0.1, 0.15) is 11.6 Å². The van der Waals surface area contributed by atoms with E-state index in [1.54, 1.807) is 12.1 Å². The van der Waals surface area contributed by atoms with Gasteiger partial charge in [-0.2, -0.15) is 0 Å². The molecule has 0 aliphatic rings. The van der Waals surface area contributed by atoms with Crippen LogP contribution in [0.5, 0.6) is 0 Å². The van der Waals surface area contributed by atoms with Gasteiger partial charge < -0.3 is 10.3 Å². The molecule has 1 heterocycles. The number of nitrogens with two attached hydrogens (primary N) is 1. The van der Waals surface area contributed by atoms with Crippen LogP contribution in [0.25, 0.3) is 0 Å². The summed E-state index contributed by atoms with van der Waals surface area (Å²) >= 11 is 1.51. The second-order valence-corrected chi connectivity index (χ2v) is 4.29. The molecule has 0 fully saturated rings. The number of hydrogen-bond acceptors (Lipinski definition) is 4. The highest BCUT2D eigenvalue weighted by molar-refractivity contribution is 7.98. The molecule has 0 aliphatic heterocycles. The van der Waals surface area contributed by atoms with E-state index in [0.717, 1.165) is 16.5 Å². The quantitative estimate of drug-likeness (QED) is 0.841. The molecule has 0 bridgehead atoms. The Labute approximate surface area is 103 Å². The van der Waals surface area contributed by atoms with Crippen molar-refractivity contribution in [3.8, 4) is 0 Å². The van der Waals surface area contributed by atoms with Crippen LogP contribution in [-0.4, -0.2) is 21.0 Å².